The second-order valence-corrected chi connectivity index (χ2v) is 7.05. The van der Waals surface area contributed by atoms with Crippen molar-refractivity contribution in [1.29, 1.82) is 0 Å². The van der Waals surface area contributed by atoms with Crippen molar-refractivity contribution in [2.75, 3.05) is 20.1 Å². The summed E-state index contributed by atoms with van der Waals surface area (Å²) in [6.45, 7) is 6.10. The number of aliphatic imine (C=N–C) groups is 1. The number of thiophene rings is 1. The van der Waals surface area contributed by atoms with Crippen molar-refractivity contribution in [3.63, 3.8) is 0 Å². The molecule has 2 aromatic rings. The van der Waals surface area contributed by atoms with Gasteiger partial charge in [-0.25, -0.2) is 4.98 Å². The van der Waals surface area contributed by atoms with Crippen LogP contribution in [-0.4, -0.2) is 31.1 Å². The third-order valence-corrected chi connectivity index (χ3v) is 5.55. The Balaban J connectivity index is 1.71. The molecule has 0 radical (unpaired) electrons. The standard InChI is InChI=1S/C16H24N4S2/c1-4-15-20-13(11-22-15)7-8-18-16(17-3)19-10-12(2)14-6-5-9-21-14/h5-6,9,11-12H,4,7-8,10H2,1-3H3,(H2,17,18,19). The molecule has 1 atom stereocenters. The molecule has 6 heteroatoms. The van der Waals surface area contributed by atoms with Crippen molar-refractivity contribution in [3.8, 4) is 0 Å². The average molecular weight is 337 g/mol. The molecule has 4 nitrogen and oxygen atoms in total. The Labute approximate surface area is 140 Å². The lowest BCUT2D eigenvalue weighted by atomic mass is 10.1. The first-order valence-electron chi connectivity index (χ1n) is 7.64. The zero-order valence-corrected chi connectivity index (χ0v) is 15.1. The highest BCUT2D eigenvalue weighted by molar-refractivity contribution is 7.10. The molecule has 2 aromatic heterocycles. The largest absolute Gasteiger partial charge is 0.356 e. The number of aromatic nitrogens is 1. The highest BCUT2D eigenvalue weighted by Gasteiger charge is 2.07. The number of guanidine groups is 1. The second kappa shape index (κ2) is 8.90. The van der Waals surface area contributed by atoms with Crippen LogP contribution in [0.15, 0.2) is 27.9 Å². The summed E-state index contributed by atoms with van der Waals surface area (Å²) in [5, 5.41) is 12.2. The Morgan fingerprint density at radius 1 is 1.36 bits per heavy atom. The SMILES string of the molecule is CCc1nc(CCNC(=NC)NCC(C)c2cccs2)cs1. The van der Waals surface area contributed by atoms with Gasteiger partial charge in [0.15, 0.2) is 5.96 Å². The van der Waals surface area contributed by atoms with E-state index in [1.165, 1.54) is 9.88 Å². The maximum absolute atomic E-state index is 4.58. The Kier molecular flexibility index (Phi) is 6.86. The molecule has 1 unspecified atom stereocenters. The summed E-state index contributed by atoms with van der Waals surface area (Å²) in [6, 6.07) is 4.28. The molecule has 22 heavy (non-hydrogen) atoms. The number of aryl methyl sites for hydroxylation is 1. The van der Waals surface area contributed by atoms with Crippen LogP contribution in [-0.2, 0) is 12.8 Å². The van der Waals surface area contributed by atoms with Crippen LogP contribution in [0.5, 0.6) is 0 Å². The molecule has 0 aromatic carbocycles. The molecule has 0 aliphatic rings. The highest BCUT2D eigenvalue weighted by Crippen LogP contribution is 2.19. The van der Waals surface area contributed by atoms with Gasteiger partial charge in [-0.3, -0.25) is 4.99 Å². The molecular weight excluding hydrogens is 312 g/mol. The Hall–Kier alpha value is -1.40. The van der Waals surface area contributed by atoms with Gasteiger partial charge in [0.1, 0.15) is 0 Å². The van der Waals surface area contributed by atoms with Crippen LogP contribution < -0.4 is 10.6 Å². The van der Waals surface area contributed by atoms with Gasteiger partial charge < -0.3 is 10.6 Å². The highest BCUT2D eigenvalue weighted by atomic mass is 32.1. The monoisotopic (exact) mass is 336 g/mol. The third-order valence-electron chi connectivity index (χ3n) is 3.40. The van der Waals surface area contributed by atoms with Crippen LogP contribution in [0.2, 0.25) is 0 Å². The average Bonchev–Trinajstić information content (AvgIpc) is 3.21. The van der Waals surface area contributed by atoms with E-state index in [-0.39, 0.29) is 0 Å². The predicted molar refractivity (Wildman–Crippen MR) is 97.3 cm³/mol. The fourth-order valence-corrected chi connectivity index (χ4v) is 3.64. The molecule has 120 valence electrons. The van der Waals surface area contributed by atoms with Crippen molar-refractivity contribution in [2.24, 2.45) is 4.99 Å². The first-order chi connectivity index (χ1) is 10.7. The number of nitrogens with zero attached hydrogens (tertiary/aromatic N) is 2. The van der Waals surface area contributed by atoms with Gasteiger partial charge in [0.05, 0.1) is 10.7 Å². The van der Waals surface area contributed by atoms with E-state index < -0.39 is 0 Å². The molecule has 0 bridgehead atoms. The predicted octanol–water partition coefficient (Wildman–Crippen LogP) is 3.28. The smallest absolute Gasteiger partial charge is 0.191 e. The molecule has 0 saturated carbocycles. The lowest BCUT2D eigenvalue weighted by Crippen LogP contribution is -2.39. The Morgan fingerprint density at radius 3 is 2.86 bits per heavy atom. The van der Waals surface area contributed by atoms with Crippen LogP contribution in [0.25, 0.3) is 0 Å². The summed E-state index contributed by atoms with van der Waals surface area (Å²) in [5.74, 6) is 1.35. The van der Waals surface area contributed by atoms with Gasteiger partial charge in [-0.15, -0.1) is 22.7 Å². The topological polar surface area (TPSA) is 49.3 Å². The van der Waals surface area contributed by atoms with Crippen molar-refractivity contribution in [1.82, 2.24) is 15.6 Å². The van der Waals surface area contributed by atoms with Crippen molar-refractivity contribution < 1.29 is 0 Å². The van der Waals surface area contributed by atoms with Crippen LogP contribution in [0.1, 0.15) is 35.3 Å². The summed E-state index contributed by atoms with van der Waals surface area (Å²) in [4.78, 5) is 10.3. The fraction of sp³-hybridized carbons (Fsp3) is 0.500. The Bertz CT molecular complexity index is 575. The number of thiazole rings is 1. The van der Waals surface area contributed by atoms with E-state index in [4.69, 9.17) is 0 Å². The molecule has 0 fully saturated rings. The van der Waals surface area contributed by atoms with Crippen LogP contribution in [0.3, 0.4) is 0 Å². The molecule has 0 amide bonds. The molecule has 0 aliphatic heterocycles. The molecule has 2 rings (SSSR count). The lowest BCUT2D eigenvalue weighted by Gasteiger charge is -2.15. The van der Waals surface area contributed by atoms with E-state index in [9.17, 15) is 0 Å². The van der Waals surface area contributed by atoms with E-state index >= 15 is 0 Å². The number of rotatable bonds is 7. The maximum Gasteiger partial charge on any atom is 0.191 e. The molecule has 0 aliphatic carbocycles. The Morgan fingerprint density at radius 2 is 2.23 bits per heavy atom. The van der Waals surface area contributed by atoms with Gasteiger partial charge in [0.2, 0.25) is 0 Å². The molecule has 2 heterocycles. The zero-order chi connectivity index (χ0) is 15.8. The first kappa shape index (κ1) is 17.0. The van der Waals surface area contributed by atoms with E-state index in [1.807, 2.05) is 7.05 Å². The lowest BCUT2D eigenvalue weighted by molar-refractivity contribution is 0.705. The van der Waals surface area contributed by atoms with Crippen molar-refractivity contribution in [3.05, 3.63) is 38.5 Å². The van der Waals surface area contributed by atoms with E-state index in [0.717, 1.165) is 37.6 Å². The van der Waals surface area contributed by atoms with Gasteiger partial charge in [-0.1, -0.05) is 19.9 Å². The summed E-state index contributed by atoms with van der Waals surface area (Å²) in [5.41, 5.74) is 1.16. The van der Waals surface area contributed by atoms with E-state index in [1.54, 1.807) is 22.7 Å². The number of nitrogens with one attached hydrogen (secondary N) is 2. The zero-order valence-electron chi connectivity index (χ0n) is 13.4. The second-order valence-electron chi connectivity index (χ2n) is 5.13. The molecule has 2 N–H and O–H groups in total. The number of hydrogen-bond acceptors (Lipinski definition) is 4. The van der Waals surface area contributed by atoms with Crippen molar-refractivity contribution in [2.45, 2.75) is 32.6 Å². The van der Waals surface area contributed by atoms with Gasteiger partial charge in [-0.05, 0) is 17.9 Å². The quantitative estimate of drug-likeness (QED) is 0.602. The van der Waals surface area contributed by atoms with Crippen molar-refractivity contribution >= 4 is 28.6 Å². The van der Waals surface area contributed by atoms with E-state index in [0.29, 0.717) is 5.92 Å². The van der Waals surface area contributed by atoms with Gasteiger partial charge >= 0.3 is 0 Å². The van der Waals surface area contributed by atoms with Crippen LogP contribution >= 0.6 is 22.7 Å². The maximum atomic E-state index is 4.58. The summed E-state index contributed by atoms with van der Waals surface area (Å²) in [6.07, 6.45) is 1.94. The minimum Gasteiger partial charge on any atom is -0.356 e. The van der Waals surface area contributed by atoms with Gasteiger partial charge in [0.25, 0.3) is 0 Å². The minimum absolute atomic E-state index is 0.490. The minimum atomic E-state index is 0.490. The summed E-state index contributed by atoms with van der Waals surface area (Å²) in [7, 11) is 1.81. The fourth-order valence-electron chi connectivity index (χ4n) is 2.08. The summed E-state index contributed by atoms with van der Waals surface area (Å²) < 4.78 is 0. The van der Waals surface area contributed by atoms with Crippen LogP contribution in [0.4, 0.5) is 0 Å². The van der Waals surface area contributed by atoms with E-state index in [2.05, 4.69) is 57.4 Å². The molecule has 0 spiro atoms. The van der Waals surface area contributed by atoms with Gasteiger partial charge in [0, 0.05) is 42.7 Å². The molecular formula is C16H24N4S2. The normalized spacial score (nSPS) is 13.1. The molecule has 0 saturated heterocycles. The van der Waals surface area contributed by atoms with Crippen LogP contribution in [0, 0.1) is 0 Å². The number of hydrogen-bond donors (Lipinski definition) is 2. The third kappa shape index (κ3) is 5.10. The first-order valence-corrected chi connectivity index (χ1v) is 9.40. The van der Waals surface area contributed by atoms with Gasteiger partial charge in [-0.2, -0.15) is 0 Å². The summed E-state index contributed by atoms with van der Waals surface area (Å²) >= 11 is 3.55.